The number of carbonyl (C=O) groups excluding carboxylic acids is 2. The number of rotatable bonds is 5. The molecule has 1 aromatic carbocycles. The lowest BCUT2D eigenvalue weighted by Gasteiger charge is -2.45. The molecule has 2 amide bonds. The predicted molar refractivity (Wildman–Crippen MR) is 133 cm³/mol. The Morgan fingerprint density at radius 2 is 1.68 bits per heavy atom. The number of fused-ring (bicyclic) bond motifs is 1. The lowest BCUT2D eigenvalue weighted by Crippen LogP contribution is -2.66. The highest BCUT2D eigenvalue weighted by Crippen LogP contribution is 2.34. The van der Waals surface area contributed by atoms with E-state index in [1.54, 1.807) is 4.90 Å². The van der Waals surface area contributed by atoms with Gasteiger partial charge >= 0.3 is 0 Å². The summed E-state index contributed by atoms with van der Waals surface area (Å²) in [7, 11) is 0. The molecule has 2 atom stereocenters. The molecule has 0 spiro atoms. The summed E-state index contributed by atoms with van der Waals surface area (Å²) in [4.78, 5) is 29.6. The molecule has 34 heavy (non-hydrogen) atoms. The first-order valence-electron chi connectivity index (χ1n) is 13.1. The molecule has 3 aliphatic rings. The molecule has 0 unspecified atom stereocenters. The smallest absolute Gasteiger partial charge is 0.271 e. The summed E-state index contributed by atoms with van der Waals surface area (Å²) in [6.07, 6.45) is 10.0. The van der Waals surface area contributed by atoms with Crippen LogP contribution in [0.2, 0.25) is 0 Å². The van der Waals surface area contributed by atoms with E-state index in [0.717, 1.165) is 56.4 Å². The second-order valence-electron chi connectivity index (χ2n) is 10.4. The third-order valence-corrected chi connectivity index (χ3v) is 7.92. The predicted octanol–water partition coefficient (Wildman–Crippen LogP) is 4.78. The van der Waals surface area contributed by atoms with Crippen LogP contribution in [0.5, 0.6) is 0 Å². The molecular weight excluding hydrogens is 426 g/mol. The lowest BCUT2D eigenvalue weighted by atomic mass is 9.91. The number of hydrogen-bond donors (Lipinski definition) is 1. The fraction of sp³-hybridized carbons (Fsp3) is 0.571. The fourth-order valence-corrected chi connectivity index (χ4v) is 5.85. The van der Waals surface area contributed by atoms with Crippen molar-refractivity contribution in [2.45, 2.75) is 88.9 Å². The van der Waals surface area contributed by atoms with Gasteiger partial charge in [0.05, 0.1) is 12.6 Å². The van der Waals surface area contributed by atoms with Gasteiger partial charge in [0, 0.05) is 24.9 Å². The van der Waals surface area contributed by atoms with Crippen molar-refractivity contribution >= 4 is 11.8 Å². The minimum atomic E-state index is -0.971. The van der Waals surface area contributed by atoms with Crippen molar-refractivity contribution in [2.75, 3.05) is 13.2 Å². The Morgan fingerprint density at radius 3 is 2.38 bits per heavy atom. The highest BCUT2D eigenvalue weighted by molar-refractivity contribution is 6.00. The molecule has 182 valence electrons. The monoisotopic (exact) mass is 463 g/mol. The highest BCUT2D eigenvalue weighted by atomic mass is 16.5. The molecule has 6 heteroatoms. The summed E-state index contributed by atoms with van der Waals surface area (Å²) in [6, 6.07) is 14.2. The molecule has 1 N–H and O–H groups in total. The van der Waals surface area contributed by atoms with E-state index in [9.17, 15) is 9.59 Å². The molecule has 2 fully saturated rings. The summed E-state index contributed by atoms with van der Waals surface area (Å²) in [5.41, 5.74) is 1.71. The van der Waals surface area contributed by atoms with Gasteiger partial charge < -0.3 is 19.5 Å². The average molecular weight is 464 g/mol. The number of carbonyl (C=O) groups is 2. The van der Waals surface area contributed by atoms with Crippen LogP contribution in [0, 0.1) is 0 Å². The number of amides is 2. The zero-order valence-corrected chi connectivity index (χ0v) is 20.3. The minimum absolute atomic E-state index is 0.00688. The normalized spacial score (nSPS) is 26.1. The van der Waals surface area contributed by atoms with E-state index in [-0.39, 0.29) is 24.0 Å². The number of aromatic nitrogens is 1. The number of hydrogen-bond acceptors (Lipinski definition) is 3. The SMILES string of the molecule is C[C@]1(C(=O)NC2CCCCCCC2)Cn2c(ccc2-c2ccccc2)C(=O)N1C[C@H]1CCCO1. The maximum atomic E-state index is 13.9. The van der Waals surface area contributed by atoms with Crippen molar-refractivity contribution in [1.29, 1.82) is 0 Å². The summed E-state index contributed by atoms with van der Waals surface area (Å²) < 4.78 is 7.93. The van der Waals surface area contributed by atoms with Crippen molar-refractivity contribution in [2.24, 2.45) is 0 Å². The number of ether oxygens (including phenoxy) is 1. The van der Waals surface area contributed by atoms with Crippen molar-refractivity contribution in [1.82, 2.24) is 14.8 Å². The summed E-state index contributed by atoms with van der Waals surface area (Å²) >= 11 is 0. The summed E-state index contributed by atoms with van der Waals surface area (Å²) in [5.74, 6) is -0.123. The molecular formula is C28H37N3O3. The molecule has 1 saturated carbocycles. The van der Waals surface area contributed by atoms with Crippen LogP contribution in [-0.2, 0) is 16.1 Å². The zero-order valence-electron chi connectivity index (χ0n) is 20.3. The summed E-state index contributed by atoms with van der Waals surface area (Å²) in [6.45, 7) is 3.57. The Hall–Kier alpha value is -2.60. The van der Waals surface area contributed by atoms with Crippen LogP contribution in [-0.4, -0.2) is 52.1 Å². The average Bonchev–Trinajstić information content (AvgIpc) is 3.49. The van der Waals surface area contributed by atoms with E-state index >= 15 is 0 Å². The maximum Gasteiger partial charge on any atom is 0.271 e. The fourth-order valence-electron chi connectivity index (χ4n) is 5.85. The van der Waals surface area contributed by atoms with Gasteiger partial charge in [-0.05, 0) is 50.3 Å². The van der Waals surface area contributed by atoms with Gasteiger partial charge in [-0.15, -0.1) is 0 Å². The standard InChI is InChI=1S/C28H37N3O3/c1-28(27(33)29-22-13-8-3-2-4-9-14-22)20-30-24(21-11-6-5-7-12-21)16-17-25(30)26(32)31(28)19-23-15-10-18-34-23/h5-7,11-12,16-17,22-23H,2-4,8-10,13-15,18-20H2,1H3,(H,29,33)/t23-,28-/m1/s1. The van der Waals surface area contributed by atoms with E-state index in [1.807, 2.05) is 41.8 Å². The van der Waals surface area contributed by atoms with Crippen LogP contribution in [0.15, 0.2) is 42.5 Å². The van der Waals surface area contributed by atoms with Gasteiger partial charge in [0.1, 0.15) is 11.2 Å². The van der Waals surface area contributed by atoms with Crippen LogP contribution in [0.25, 0.3) is 11.3 Å². The van der Waals surface area contributed by atoms with Crippen molar-refractivity contribution in [3.63, 3.8) is 0 Å². The van der Waals surface area contributed by atoms with Gasteiger partial charge in [-0.25, -0.2) is 0 Å². The zero-order chi connectivity index (χ0) is 23.5. The highest BCUT2D eigenvalue weighted by Gasteiger charge is 2.49. The van der Waals surface area contributed by atoms with Crippen LogP contribution in [0.1, 0.15) is 75.2 Å². The largest absolute Gasteiger partial charge is 0.376 e. The Bertz CT molecular complexity index is 1000. The number of nitrogens with one attached hydrogen (secondary N) is 1. The first-order chi connectivity index (χ1) is 16.6. The molecule has 5 rings (SSSR count). The first kappa shape index (κ1) is 23.2. The minimum Gasteiger partial charge on any atom is -0.376 e. The molecule has 0 radical (unpaired) electrons. The van der Waals surface area contributed by atoms with Crippen LogP contribution < -0.4 is 5.32 Å². The molecule has 1 aromatic heterocycles. The Morgan fingerprint density at radius 1 is 0.971 bits per heavy atom. The molecule has 2 aromatic rings. The van der Waals surface area contributed by atoms with Gasteiger partial charge in [-0.3, -0.25) is 9.59 Å². The molecule has 2 aliphatic heterocycles. The quantitative estimate of drug-likeness (QED) is 0.694. The van der Waals surface area contributed by atoms with E-state index in [1.165, 1.54) is 19.3 Å². The van der Waals surface area contributed by atoms with E-state index < -0.39 is 5.54 Å². The van der Waals surface area contributed by atoms with Crippen molar-refractivity contribution in [3.05, 3.63) is 48.2 Å². The van der Waals surface area contributed by atoms with Crippen LogP contribution >= 0.6 is 0 Å². The Labute approximate surface area is 202 Å². The van der Waals surface area contributed by atoms with Gasteiger partial charge in [0.25, 0.3) is 5.91 Å². The van der Waals surface area contributed by atoms with Crippen LogP contribution in [0.4, 0.5) is 0 Å². The third kappa shape index (κ3) is 4.52. The molecule has 1 aliphatic carbocycles. The number of benzene rings is 1. The lowest BCUT2D eigenvalue weighted by molar-refractivity contribution is -0.134. The second-order valence-corrected chi connectivity index (χ2v) is 10.4. The van der Waals surface area contributed by atoms with Gasteiger partial charge in [0.2, 0.25) is 5.91 Å². The van der Waals surface area contributed by atoms with E-state index in [2.05, 4.69) is 17.4 Å². The van der Waals surface area contributed by atoms with Crippen LogP contribution in [0.3, 0.4) is 0 Å². The van der Waals surface area contributed by atoms with Crippen molar-refractivity contribution < 1.29 is 14.3 Å². The second kappa shape index (κ2) is 9.95. The molecule has 6 nitrogen and oxygen atoms in total. The van der Waals surface area contributed by atoms with E-state index in [0.29, 0.717) is 18.8 Å². The molecule has 1 saturated heterocycles. The Kier molecular flexibility index (Phi) is 6.77. The Balaban J connectivity index is 1.47. The van der Waals surface area contributed by atoms with Gasteiger partial charge in [-0.1, -0.05) is 62.4 Å². The van der Waals surface area contributed by atoms with Gasteiger partial charge in [-0.2, -0.15) is 0 Å². The maximum absolute atomic E-state index is 13.9. The summed E-state index contributed by atoms with van der Waals surface area (Å²) in [5, 5.41) is 3.37. The van der Waals surface area contributed by atoms with Crippen molar-refractivity contribution in [3.8, 4) is 11.3 Å². The molecule has 0 bridgehead atoms. The molecule has 3 heterocycles. The third-order valence-electron chi connectivity index (χ3n) is 7.92. The topological polar surface area (TPSA) is 63.6 Å². The number of nitrogens with zero attached hydrogens (tertiary/aromatic N) is 2. The van der Waals surface area contributed by atoms with E-state index in [4.69, 9.17) is 4.74 Å². The van der Waals surface area contributed by atoms with Gasteiger partial charge in [0.15, 0.2) is 0 Å². The first-order valence-corrected chi connectivity index (χ1v) is 13.1.